The Morgan fingerprint density at radius 1 is 1.08 bits per heavy atom. The Bertz CT molecular complexity index is 670. The van der Waals surface area contributed by atoms with Crippen LogP contribution in [0.4, 0.5) is 0 Å². The highest BCUT2D eigenvalue weighted by Crippen LogP contribution is 2.15. The van der Waals surface area contributed by atoms with Gasteiger partial charge in [0.25, 0.3) is 5.91 Å². The van der Waals surface area contributed by atoms with E-state index < -0.39 is 0 Å². The number of hydrazone groups is 1. The maximum atomic E-state index is 11.6. The number of benzene rings is 2. The topological polar surface area (TPSA) is 59.9 Å². The van der Waals surface area contributed by atoms with Crippen molar-refractivity contribution < 1.29 is 14.3 Å². The highest BCUT2D eigenvalue weighted by molar-refractivity contribution is 6.30. The van der Waals surface area contributed by atoms with E-state index in [0.29, 0.717) is 17.4 Å². The zero-order valence-electron chi connectivity index (χ0n) is 13.4. The highest BCUT2D eigenvalue weighted by Gasteiger charge is 2.01. The fraction of sp³-hybridized carbons (Fsp3) is 0.222. The summed E-state index contributed by atoms with van der Waals surface area (Å²) in [4.78, 5) is 11.6. The fourth-order valence-corrected chi connectivity index (χ4v) is 1.89. The molecule has 0 spiro atoms. The molecule has 0 bridgehead atoms. The van der Waals surface area contributed by atoms with Gasteiger partial charge in [-0.15, -0.1) is 0 Å². The number of nitrogens with zero attached hydrogens (tertiary/aromatic N) is 1. The Balaban J connectivity index is 1.74. The smallest absolute Gasteiger partial charge is 0.277 e. The second-order valence-corrected chi connectivity index (χ2v) is 5.39. The molecule has 0 saturated heterocycles. The number of carbonyl (C=O) groups excluding carboxylic acids is 1. The largest absolute Gasteiger partial charge is 0.494 e. The quantitative estimate of drug-likeness (QED) is 0.586. The van der Waals surface area contributed by atoms with Crippen LogP contribution in [0, 0.1) is 0 Å². The van der Waals surface area contributed by atoms with Crippen molar-refractivity contribution in [2.75, 3.05) is 13.2 Å². The molecule has 0 aliphatic carbocycles. The van der Waals surface area contributed by atoms with E-state index in [1.165, 1.54) is 0 Å². The van der Waals surface area contributed by atoms with Gasteiger partial charge in [-0.05, 0) is 60.5 Å². The average molecular weight is 347 g/mol. The maximum absolute atomic E-state index is 11.6. The van der Waals surface area contributed by atoms with Crippen molar-refractivity contribution in [1.82, 2.24) is 5.43 Å². The van der Waals surface area contributed by atoms with Crippen LogP contribution in [0.25, 0.3) is 0 Å². The van der Waals surface area contributed by atoms with Crippen LogP contribution in [0.1, 0.15) is 18.9 Å². The van der Waals surface area contributed by atoms with Gasteiger partial charge in [0.15, 0.2) is 6.61 Å². The first kappa shape index (κ1) is 17.8. The van der Waals surface area contributed by atoms with E-state index in [0.717, 1.165) is 17.7 Å². The van der Waals surface area contributed by atoms with Gasteiger partial charge in [-0.1, -0.05) is 18.5 Å². The molecule has 2 aromatic rings. The molecule has 0 fully saturated rings. The van der Waals surface area contributed by atoms with E-state index in [2.05, 4.69) is 17.5 Å². The van der Waals surface area contributed by atoms with Crippen molar-refractivity contribution in [2.24, 2.45) is 5.10 Å². The van der Waals surface area contributed by atoms with Crippen molar-refractivity contribution in [3.05, 3.63) is 59.1 Å². The average Bonchev–Trinajstić information content (AvgIpc) is 2.60. The van der Waals surface area contributed by atoms with E-state index in [1.54, 1.807) is 30.5 Å². The van der Waals surface area contributed by atoms with Gasteiger partial charge in [0, 0.05) is 5.02 Å². The van der Waals surface area contributed by atoms with Gasteiger partial charge in [0.2, 0.25) is 0 Å². The van der Waals surface area contributed by atoms with Crippen LogP contribution in [0.15, 0.2) is 53.6 Å². The molecule has 0 heterocycles. The van der Waals surface area contributed by atoms with Gasteiger partial charge in [-0.25, -0.2) is 5.43 Å². The standard InChI is InChI=1S/C18H19ClN2O3/c1-2-11-23-16-7-3-14(4-8-16)12-20-21-18(22)13-24-17-9-5-15(19)6-10-17/h3-10,12H,2,11,13H2,1H3,(H,21,22)/b20-12-. The highest BCUT2D eigenvalue weighted by atomic mass is 35.5. The third-order valence-corrected chi connectivity index (χ3v) is 3.19. The summed E-state index contributed by atoms with van der Waals surface area (Å²) in [7, 11) is 0. The molecule has 0 aromatic heterocycles. The van der Waals surface area contributed by atoms with Gasteiger partial charge in [0.05, 0.1) is 12.8 Å². The van der Waals surface area contributed by atoms with Gasteiger partial charge in [-0.3, -0.25) is 4.79 Å². The van der Waals surface area contributed by atoms with Crippen LogP contribution in [0.5, 0.6) is 11.5 Å². The number of carbonyl (C=O) groups is 1. The first-order valence-corrected chi connectivity index (χ1v) is 7.98. The van der Waals surface area contributed by atoms with Gasteiger partial charge < -0.3 is 9.47 Å². The Kier molecular flexibility index (Phi) is 7.11. The summed E-state index contributed by atoms with van der Waals surface area (Å²) in [5.41, 5.74) is 3.27. The minimum Gasteiger partial charge on any atom is -0.494 e. The molecule has 0 aliphatic heterocycles. The number of ether oxygens (including phenoxy) is 2. The Morgan fingerprint density at radius 2 is 1.71 bits per heavy atom. The van der Waals surface area contributed by atoms with Crippen LogP contribution in [0.2, 0.25) is 5.02 Å². The molecular weight excluding hydrogens is 328 g/mol. The van der Waals surface area contributed by atoms with Crippen molar-refractivity contribution in [1.29, 1.82) is 0 Å². The van der Waals surface area contributed by atoms with Gasteiger partial charge >= 0.3 is 0 Å². The van der Waals surface area contributed by atoms with Crippen molar-refractivity contribution in [3.63, 3.8) is 0 Å². The molecule has 0 unspecified atom stereocenters. The van der Waals surface area contributed by atoms with E-state index in [9.17, 15) is 4.79 Å². The molecule has 5 nitrogen and oxygen atoms in total. The third kappa shape index (κ3) is 6.30. The third-order valence-electron chi connectivity index (χ3n) is 2.94. The fourth-order valence-electron chi connectivity index (χ4n) is 1.76. The second-order valence-electron chi connectivity index (χ2n) is 4.95. The Hall–Kier alpha value is -2.53. The lowest BCUT2D eigenvalue weighted by molar-refractivity contribution is -0.123. The zero-order valence-corrected chi connectivity index (χ0v) is 14.1. The molecular formula is C18H19ClN2O3. The Labute approximate surface area is 146 Å². The van der Waals surface area contributed by atoms with Crippen molar-refractivity contribution >= 4 is 23.7 Å². The molecule has 0 atom stereocenters. The van der Waals surface area contributed by atoms with E-state index in [-0.39, 0.29) is 12.5 Å². The number of hydrogen-bond acceptors (Lipinski definition) is 4. The Morgan fingerprint density at radius 3 is 2.38 bits per heavy atom. The number of nitrogens with one attached hydrogen (secondary N) is 1. The summed E-state index contributed by atoms with van der Waals surface area (Å²) in [6.45, 7) is 2.63. The van der Waals surface area contributed by atoms with Gasteiger partial charge in [0.1, 0.15) is 11.5 Å². The summed E-state index contributed by atoms with van der Waals surface area (Å²) in [6, 6.07) is 14.2. The molecule has 6 heteroatoms. The molecule has 2 rings (SSSR count). The summed E-state index contributed by atoms with van der Waals surface area (Å²) in [5.74, 6) is 1.04. The lowest BCUT2D eigenvalue weighted by Gasteiger charge is -2.05. The molecule has 2 aromatic carbocycles. The molecule has 0 aliphatic rings. The van der Waals surface area contributed by atoms with Crippen molar-refractivity contribution in [3.8, 4) is 11.5 Å². The SMILES string of the molecule is CCCOc1ccc(/C=N\NC(=O)COc2ccc(Cl)cc2)cc1. The number of amides is 1. The number of rotatable bonds is 8. The minimum absolute atomic E-state index is 0.122. The van der Waals surface area contributed by atoms with E-state index in [1.807, 2.05) is 24.3 Å². The summed E-state index contributed by atoms with van der Waals surface area (Å²) >= 11 is 5.77. The first-order valence-electron chi connectivity index (χ1n) is 7.60. The summed E-state index contributed by atoms with van der Waals surface area (Å²) < 4.78 is 10.8. The van der Waals surface area contributed by atoms with Crippen molar-refractivity contribution in [2.45, 2.75) is 13.3 Å². The molecule has 0 saturated carbocycles. The first-order chi connectivity index (χ1) is 11.7. The molecule has 126 valence electrons. The predicted octanol–water partition coefficient (Wildman–Crippen LogP) is 3.66. The monoisotopic (exact) mass is 346 g/mol. The molecule has 1 amide bonds. The lowest BCUT2D eigenvalue weighted by Crippen LogP contribution is -2.24. The maximum Gasteiger partial charge on any atom is 0.277 e. The lowest BCUT2D eigenvalue weighted by atomic mass is 10.2. The summed E-state index contributed by atoms with van der Waals surface area (Å²) in [6.07, 6.45) is 2.52. The molecule has 24 heavy (non-hydrogen) atoms. The van der Waals surface area contributed by atoms with E-state index in [4.69, 9.17) is 21.1 Å². The van der Waals surface area contributed by atoms with Crippen LogP contribution in [-0.2, 0) is 4.79 Å². The summed E-state index contributed by atoms with van der Waals surface area (Å²) in [5, 5.41) is 4.51. The van der Waals surface area contributed by atoms with Crippen LogP contribution >= 0.6 is 11.6 Å². The van der Waals surface area contributed by atoms with E-state index >= 15 is 0 Å². The number of halogens is 1. The zero-order chi connectivity index (χ0) is 17.2. The van der Waals surface area contributed by atoms with Crippen LogP contribution in [0.3, 0.4) is 0 Å². The number of hydrogen-bond donors (Lipinski definition) is 1. The van der Waals surface area contributed by atoms with Crippen LogP contribution < -0.4 is 14.9 Å². The van der Waals surface area contributed by atoms with Gasteiger partial charge in [-0.2, -0.15) is 5.10 Å². The van der Waals surface area contributed by atoms with Crippen LogP contribution in [-0.4, -0.2) is 25.3 Å². The molecule has 1 N–H and O–H groups in total. The minimum atomic E-state index is -0.343. The second kappa shape index (κ2) is 9.57. The predicted molar refractivity (Wildman–Crippen MR) is 94.9 cm³/mol. The normalized spacial score (nSPS) is 10.6. The molecule has 0 radical (unpaired) electrons.